The van der Waals surface area contributed by atoms with E-state index in [1.807, 2.05) is 31.2 Å². The lowest BCUT2D eigenvalue weighted by molar-refractivity contribution is -0.113. The molecule has 0 saturated carbocycles. The number of fused-ring (bicyclic) bond motifs is 1. The van der Waals surface area contributed by atoms with Gasteiger partial charge in [-0.25, -0.2) is 9.07 Å². The molecular weight excluding hydrogens is 397 g/mol. The van der Waals surface area contributed by atoms with Crippen LogP contribution in [0.4, 0.5) is 16.0 Å². The van der Waals surface area contributed by atoms with Gasteiger partial charge in [0.25, 0.3) is 5.91 Å². The molecule has 1 atom stereocenters. The summed E-state index contributed by atoms with van der Waals surface area (Å²) in [6, 6.07) is 13.0. The highest BCUT2D eigenvalue weighted by Gasteiger charge is 2.34. The molecule has 160 valence electrons. The molecule has 1 aliphatic rings. The standard InChI is InChI=1S/C23H24FN5O2/c1-14-7-3-4-10-18(14)26-22(31)20-15(2)25-23-27-19(11-6-12-30)28-29(23)21(20)16-8-5-9-17(24)13-16/h3-5,7-10,13,21,30H,6,11-12H2,1-2H3,(H,26,31)(H,25,27,28)/t21-/m1/s1. The van der Waals surface area contributed by atoms with E-state index in [1.165, 1.54) is 12.1 Å². The normalized spacial score (nSPS) is 15.4. The molecule has 0 unspecified atom stereocenters. The maximum Gasteiger partial charge on any atom is 0.255 e. The number of carbonyl (C=O) groups excluding carboxylic acids is 1. The maximum atomic E-state index is 14.1. The van der Waals surface area contributed by atoms with Gasteiger partial charge in [-0.1, -0.05) is 30.3 Å². The minimum Gasteiger partial charge on any atom is -0.396 e. The van der Waals surface area contributed by atoms with Crippen LogP contribution in [0.1, 0.15) is 36.3 Å². The molecule has 3 aromatic rings. The van der Waals surface area contributed by atoms with Crippen molar-refractivity contribution < 1.29 is 14.3 Å². The SMILES string of the molecule is CC1=C(C(=O)Nc2ccccc2C)[C@@H](c2cccc(F)c2)n2nc(CCCO)nc2N1. The molecule has 1 aromatic heterocycles. The summed E-state index contributed by atoms with van der Waals surface area (Å²) in [5, 5.41) is 19.8. The number of aromatic nitrogens is 3. The molecule has 8 heteroatoms. The number of allylic oxidation sites excluding steroid dienone is 1. The zero-order valence-electron chi connectivity index (χ0n) is 17.4. The number of hydrogen-bond acceptors (Lipinski definition) is 5. The number of halogens is 1. The van der Waals surface area contributed by atoms with Crippen molar-refractivity contribution in [1.82, 2.24) is 14.8 Å². The molecule has 0 radical (unpaired) electrons. The first-order valence-corrected chi connectivity index (χ1v) is 10.1. The van der Waals surface area contributed by atoms with Crippen molar-refractivity contribution >= 4 is 17.5 Å². The quantitative estimate of drug-likeness (QED) is 0.566. The Morgan fingerprint density at radius 1 is 1.23 bits per heavy atom. The topological polar surface area (TPSA) is 92.1 Å². The van der Waals surface area contributed by atoms with Crippen molar-refractivity contribution in [2.45, 2.75) is 32.7 Å². The molecule has 0 saturated heterocycles. The van der Waals surface area contributed by atoms with Crippen molar-refractivity contribution in [1.29, 1.82) is 0 Å². The van der Waals surface area contributed by atoms with Crippen LogP contribution in [0.3, 0.4) is 0 Å². The van der Waals surface area contributed by atoms with Crippen LogP contribution in [-0.2, 0) is 11.2 Å². The largest absolute Gasteiger partial charge is 0.396 e. The van der Waals surface area contributed by atoms with E-state index in [4.69, 9.17) is 5.11 Å². The number of carbonyl (C=O) groups is 1. The summed E-state index contributed by atoms with van der Waals surface area (Å²) in [5.41, 5.74) is 3.29. The van der Waals surface area contributed by atoms with Crippen LogP contribution in [-0.4, -0.2) is 32.4 Å². The first-order chi connectivity index (χ1) is 15.0. The minimum absolute atomic E-state index is 0.0337. The first-order valence-electron chi connectivity index (χ1n) is 10.1. The molecule has 1 aliphatic heterocycles. The Labute approximate surface area is 179 Å². The highest BCUT2D eigenvalue weighted by Crippen LogP contribution is 2.36. The zero-order valence-corrected chi connectivity index (χ0v) is 17.4. The third-order valence-electron chi connectivity index (χ3n) is 5.26. The Hall–Kier alpha value is -3.52. The molecule has 7 nitrogen and oxygen atoms in total. The Morgan fingerprint density at radius 3 is 2.77 bits per heavy atom. The third-order valence-corrected chi connectivity index (χ3v) is 5.26. The molecule has 0 aliphatic carbocycles. The fourth-order valence-electron chi connectivity index (χ4n) is 3.72. The second kappa shape index (κ2) is 8.69. The fraction of sp³-hybridized carbons (Fsp3) is 0.261. The Kier molecular flexibility index (Phi) is 5.81. The summed E-state index contributed by atoms with van der Waals surface area (Å²) in [6.45, 7) is 3.75. The van der Waals surface area contributed by atoms with Crippen LogP contribution < -0.4 is 10.6 Å². The number of amides is 1. The summed E-state index contributed by atoms with van der Waals surface area (Å²) in [6.07, 6.45) is 1.03. The van der Waals surface area contributed by atoms with Crippen molar-refractivity contribution in [2.75, 3.05) is 17.2 Å². The molecule has 0 fully saturated rings. The first kappa shape index (κ1) is 20.7. The van der Waals surface area contributed by atoms with Crippen LogP contribution >= 0.6 is 0 Å². The number of aliphatic hydroxyl groups is 1. The lowest BCUT2D eigenvalue weighted by Gasteiger charge is -2.29. The average Bonchev–Trinajstić information content (AvgIpc) is 3.15. The molecule has 1 amide bonds. The maximum absolute atomic E-state index is 14.1. The van der Waals surface area contributed by atoms with Gasteiger partial charge in [0.15, 0.2) is 5.82 Å². The highest BCUT2D eigenvalue weighted by atomic mass is 19.1. The smallest absolute Gasteiger partial charge is 0.255 e. The summed E-state index contributed by atoms with van der Waals surface area (Å²) >= 11 is 0. The molecule has 31 heavy (non-hydrogen) atoms. The number of aliphatic hydroxyl groups excluding tert-OH is 1. The zero-order chi connectivity index (χ0) is 22.0. The summed E-state index contributed by atoms with van der Waals surface area (Å²) in [5.74, 6) is 0.333. The third kappa shape index (κ3) is 4.20. The van der Waals surface area contributed by atoms with Crippen LogP contribution in [0.15, 0.2) is 59.8 Å². The van der Waals surface area contributed by atoms with Gasteiger partial charge in [0, 0.05) is 24.4 Å². The Bertz CT molecular complexity index is 1150. The van der Waals surface area contributed by atoms with E-state index >= 15 is 0 Å². The predicted octanol–water partition coefficient (Wildman–Crippen LogP) is 3.58. The summed E-state index contributed by atoms with van der Waals surface area (Å²) in [4.78, 5) is 17.9. The van der Waals surface area contributed by atoms with Gasteiger partial charge in [-0.2, -0.15) is 10.1 Å². The van der Waals surface area contributed by atoms with E-state index in [2.05, 4.69) is 20.7 Å². The van der Waals surface area contributed by atoms with Gasteiger partial charge in [0.1, 0.15) is 11.9 Å². The lowest BCUT2D eigenvalue weighted by Crippen LogP contribution is -2.31. The van der Waals surface area contributed by atoms with Gasteiger partial charge in [-0.15, -0.1) is 0 Å². The van der Waals surface area contributed by atoms with Crippen LogP contribution in [0.2, 0.25) is 0 Å². The van der Waals surface area contributed by atoms with Gasteiger partial charge < -0.3 is 15.7 Å². The molecule has 3 N–H and O–H groups in total. The number of para-hydroxylation sites is 1. The molecule has 2 aromatic carbocycles. The van der Waals surface area contributed by atoms with E-state index in [0.717, 1.165) is 5.56 Å². The molecule has 4 rings (SSSR count). The van der Waals surface area contributed by atoms with Crippen molar-refractivity contribution in [3.63, 3.8) is 0 Å². The van der Waals surface area contributed by atoms with Gasteiger partial charge in [0.05, 0.1) is 5.57 Å². The number of aryl methyl sites for hydroxylation is 2. The van der Waals surface area contributed by atoms with Crippen molar-refractivity contribution in [3.05, 3.63) is 82.6 Å². The fourth-order valence-corrected chi connectivity index (χ4v) is 3.72. The van der Waals surface area contributed by atoms with Gasteiger partial charge >= 0.3 is 0 Å². The number of hydrogen-bond donors (Lipinski definition) is 3. The van der Waals surface area contributed by atoms with Crippen molar-refractivity contribution in [2.24, 2.45) is 0 Å². The molecular formula is C23H24FN5O2. The van der Waals surface area contributed by atoms with E-state index in [0.29, 0.717) is 47.1 Å². The van der Waals surface area contributed by atoms with E-state index in [9.17, 15) is 9.18 Å². The molecule has 2 heterocycles. The number of benzene rings is 2. The van der Waals surface area contributed by atoms with Gasteiger partial charge in [-0.3, -0.25) is 4.79 Å². The summed E-state index contributed by atoms with van der Waals surface area (Å²) in [7, 11) is 0. The number of nitrogens with one attached hydrogen (secondary N) is 2. The lowest BCUT2D eigenvalue weighted by atomic mass is 9.95. The Balaban J connectivity index is 1.77. The van der Waals surface area contributed by atoms with E-state index < -0.39 is 11.9 Å². The molecule has 0 spiro atoms. The van der Waals surface area contributed by atoms with E-state index in [1.54, 1.807) is 23.7 Å². The summed E-state index contributed by atoms with van der Waals surface area (Å²) < 4.78 is 15.7. The number of anilines is 2. The highest BCUT2D eigenvalue weighted by molar-refractivity contribution is 6.06. The monoisotopic (exact) mass is 421 g/mol. The number of nitrogens with zero attached hydrogens (tertiary/aromatic N) is 3. The Morgan fingerprint density at radius 2 is 2.03 bits per heavy atom. The second-order valence-corrected chi connectivity index (χ2v) is 7.51. The number of rotatable bonds is 6. The van der Waals surface area contributed by atoms with E-state index in [-0.39, 0.29) is 12.5 Å². The van der Waals surface area contributed by atoms with Crippen LogP contribution in [0.25, 0.3) is 0 Å². The average molecular weight is 421 g/mol. The van der Waals surface area contributed by atoms with Gasteiger partial charge in [0.2, 0.25) is 5.95 Å². The second-order valence-electron chi connectivity index (χ2n) is 7.51. The van der Waals surface area contributed by atoms with Gasteiger partial charge in [-0.05, 0) is 49.6 Å². The van der Waals surface area contributed by atoms with Crippen LogP contribution in [0, 0.1) is 12.7 Å². The molecule has 0 bridgehead atoms. The predicted molar refractivity (Wildman–Crippen MR) is 116 cm³/mol. The van der Waals surface area contributed by atoms with Crippen LogP contribution in [0.5, 0.6) is 0 Å². The van der Waals surface area contributed by atoms with Crippen molar-refractivity contribution in [3.8, 4) is 0 Å². The minimum atomic E-state index is -0.647.